The normalized spacial score (nSPS) is 16.2. The third-order valence-electron chi connectivity index (χ3n) is 7.82. The Morgan fingerprint density at radius 1 is 0.652 bits per heavy atom. The van der Waals surface area contributed by atoms with Gasteiger partial charge in [-0.15, -0.1) is 0 Å². The first-order valence-corrected chi connectivity index (χ1v) is 13.8. The molecule has 0 radical (unpaired) electrons. The molecule has 1 fully saturated rings. The van der Waals surface area contributed by atoms with Crippen molar-refractivity contribution in [3.63, 3.8) is 0 Å². The highest BCUT2D eigenvalue weighted by Crippen LogP contribution is 2.47. The Morgan fingerprint density at radius 2 is 1.09 bits per heavy atom. The van der Waals surface area contributed by atoms with Crippen molar-refractivity contribution in [1.29, 1.82) is 21.0 Å². The number of fused-ring (bicyclic) bond motifs is 2. The first-order chi connectivity index (χ1) is 22.1. The van der Waals surface area contributed by atoms with E-state index >= 15 is 0 Å². The van der Waals surface area contributed by atoms with Crippen LogP contribution in [0.5, 0.6) is 0 Å². The molecule has 2 aromatic carbocycles. The number of imide groups is 2. The molecule has 11 nitrogen and oxygen atoms in total. The second kappa shape index (κ2) is 11.6. The Kier molecular flexibility index (Phi) is 7.70. The molecule has 0 spiro atoms. The highest BCUT2D eigenvalue weighted by Gasteiger charge is 2.41. The van der Waals surface area contributed by atoms with Gasteiger partial charge >= 0.3 is 6.03 Å². The van der Waals surface area contributed by atoms with Crippen LogP contribution >= 0.6 is 0 Å². The lowest BCUT2D eigenvalue weighted by atomic mass is 9.98. The number of amides is 4. The Bertz CT molecular complexity index is 2130. The van der Waals surface area contributed by atoms with Gasteiger partial charge in [0.2, 0.25) is 0 Å². The average molecular weight is 605 g/mol. The number of nitriles is 4. The van der Waals surface area contributed by atoms with E-state index in [0.29, 0.717) is 22.3 Å². The number of ketones is 2. The minimum Gasteiger partial charge on any atom is -0.288 e. The van der Waals surface area contributed by atoms with Gasteiger partial charge in [0.15, 0.2) is 11.6 Å². The van der Waals surface area contributed by atoms with E-state index in [1.54, 1.807) is 26.0 Å². The molecule has 46 heavy (non-hydrogen) atoms. The number of benzene rings is 2. The predicted octanol–water partition coefficient (Wildman–Crippen LogP) is 4.53. The molecule has 0 N–H and O–H groups in total. The van der Waals surface area contributed by atoms with Crippen LogP contribution in [0.25, 0.3) is 23.3 Å². The van der Waals surface area contributed by atoms with E-state index in [1.165, 1.54) is 36.4 Å². The molecule has 11 heteroatoms. The standard InChI is InChI=1S/C35H20N6O5/c1-4-40-33(44)28(34(45)41(5-2)35(40)46)13-20-7-9-24-26(11-20)32(43)27(31(24)42)12-19-6-8-23-25(10-19)30(22(16-38)17-39)18(3)29(23)21(14-36)15-37/h6-13H,3-5H2,1-2H3/b27-12+. The summed E-state index contributed by atoms with van der Waals surface area (Å²) in [6, 6.07) is 15.5. The van der Waals surface area contributed by atoms with Gasteiger partial charge in [0.1, 0.15) is 41.0 Å². The molecule has 0 saturated carbocycles. The van der Waals surface area contributed by atoms with Gasteiger partial charge in [0.05, 0.1) is 5.57 Å². The molecule has 0 atom stereocenters. The Morgan fingerprint density at radius 3 is 1.59 bits per heavy atom. The topological polar surface area (TPSA) is 187 Å². The molecule has 1 aliphatic heterocycles. The lowest BCUT2D eigenvalue weighted by molar-refractivity contribution is -0.135. The molecule has 0 unspecified atom stereocenters. The molecule has 2 aromatic rings. The molecule has 2 aliphatic carbocycles. The fourth-order valence-electron chi connectivity index (χ4n) is 5.65. The summed E-state index contributed by atoms with van der Waals surface area (Å²) >= 11 is 0. The van der Waals surface area contributed by atoms with E-state index in [0.717, 1.165) is 9.80 Å². The highest BCUT2D eigenvalue weighted by atomic mass is 16.2. The average Bonchev–Trinajstić information content (AvgIpc) is 3.46. The molecule has 4 amide bonds. The van der Waals surface area contributed by atoms with E-state index in [-0.39, 0.29) is 63.2 Å². The number of hydrogen-bond donors (Lipinski definition) is 0. The number of allylic oxidation sites excluding steroid dienone is 6. The lowest BCUT2D eigenvalue weighted by Gasteiger charge is -2.32. The molecule has 3 aliphatic rings. The van der Waals surface area contributed by atoms with Crippen molar-refractivity contribution in [3.8, 4) is 24.3 Å². The second-order valence-corrected chi connectivity index (χ2v) is 10.2. The van der Waals surface area contributed by atoms with Crippen LogP contribution in [-0.2, 0) is 9.59 Å². The Labute approximate surface area is 262 Å². The van der Waals surface area contributed by atoms with Crippen molar-refractivity contribution in [1.82, 2.24) is 9.80 Å². The molecular formula is C35H20N6O5. The van der Waals surface area contributed by atoms with Crippen LogP contribution in [0.2, 0.25) is 0 Å². The van der Waals surface area contributed by atoms with E-state index in [4.69, 9.17) is 0 Å². The SMILES string of the molecule is C=C1C(=C(C#N)C#N)c2ccc(/C=C3\C(=O)c4ccc(C=C5C(=O)N(CC)C(=O)N(CC)C5=O)cc4C3=O)cc2C1=C(C#N)C#N. The molecule has 0 bridgehead atoms. The zero-order chi connectivity index (χ0) is 33.4. The molecule has 1 heterocycles. The molecule has 220 valence electrons. The maximum Gasteiger partial charge on any atom is 0.333 e. The zero-order valence-electron chi connectivity index (χ0n) is 24.5. The second-order valence-electron chi connectivity index (χ2n) is 10.2. The van der Waals surface area contributed by atoms with Crippen LogP contribution in [-0.4, -0.2) is 52.3 Å². The molecular weight excluding hydrogens is 584 g/mol. The third-order valence-corrected chi connectivity index (χ3v) is 7.82. The van der Waals surface area contributed by atoms with Crippen LogP contribution in [0.3, 0.4) is 0 Å². The van der Waals surface area contributed by atoms with Crippen molar-refractivity contribution in [3.05, 3.63) is 104 Å². The Hall–Kier alpha value is -6.95. The number of carbonyl (C=O) groups excluding carboxylic acids is 5. The number of carbonyl (C=O) groups is 5. The fraction of sp³-hybridized carbons (Fsp3) is 0.114. The minimum absolute atomic E-state index is 0.0568. The van der Waals surface area contributed by atoms with E-state index in [2.05, 4.69) is 6.58 Å². The first-order valence-electron chi connectivity index (χ1n) is 13.8. The number of urea groups is 1. The third kappa shape index (κ3) is 4.53. The number of nitrogens with zero attached hydrogens (tertiary/aromatic N) is 6. The van der Waals surface area contributed by atoms with Gasteiger partial charge in [-0.25, -0.2) is 4.79 Å². The van der Waals surface area contributed by atoms with E-state index in [9.17, 15) is 45.0 Å². The summed E-state index contributed by atoms with van der Waals surface area (Å²) in [6.07, 6.45) is 2.64. The largest absolute Gasteiger partial charge is 0.333 e. The summed E-state index contributed by atoms with van der Waals surface area (Å²) in [6.45, 7) is 7.25. The van der Waals surface area contributed by atoms with Crippen LogP contribution in [0.1, 0.15) is 56.8 Å². The fourth-order valence-corrected chi connectivity index (χ4v) is 5.65. The van der Waals surface area contributed by atoms with Gasteiger partial charge in [-0.05, 0) is 72.0 Å². The lowest BCUT2D eigenvalue weighted by Crippen LogP contribution is -2.56. The molecule has 0 aromatic heterocycles. The quantitative estimate of drug-likeness (QED) is 0.274. The van der Waals surface area contributed by atoms with Gasteiger partial charge in [-0.2, -0.15) is 21.0 Å². The smallest absolute Gasteiger partial charge is 0.288 e. The molecule has 5 rings (SSSR count). The molecule has 1 saturated heterocycles. The number of barbiturate groups is 1. The van der Waals surface area contributed by atoms with Gasteiger partial charge in [-0.1, -0.05) is 24.8 Å². The van der Waals surface area contributed by atoms with Crippen molar-refractivity contribution in [2.24, 2.45) is 0 Å². The summed E-state index contributed by atoms with van der Waals surface area (Å²) in [4.78, 5) is 67.1. The number of rotatable bonds is 4. The highest BCUT2D eigenvalue weighted by molar-refractivity contribution is 6.41. The number of hydrogen-bond acceptors (Lipinski definition) is 9. The summed E-state index contributed by atoms with van der Waals surface area (Å²) in [5, 5.41) is 38.1. The predicted molar refractivity (Wildman–Crippen MR) is 163 cm³/mol. The van der Waals surface area contributed by atoms with Crippen LogP contribution in [0.15, 0.2) is 70.8 Å². The van der Waals surface area contributed by atoms with Gasteiger partial charge in [-0.3, -0.25) is 29.0 Å². The summed E-state index contributed by atoms with van der Waals surface area (Å²) in [5.41, 5.74) is 1.09. The van der Waals surface area contributed by atoms with Crippen molar-refractivity contribution < 1.29 is 24.0 Å². The van der Waals surface area contributed by atoms with Crippen LogP contribution < -0.4 is 0 Å². The summed E-state index contributed by atoms with van der Waals surface area (Å²) in [5.74, 6) is -2.68. The number of Topliss-reactive ketones (excluding diaryl/α,β-unsaturated/α-hetero) is 2. The van der Waals surface area contributed by atoms with Crippen LogP contribution in [0, 0.1) is 45.3 Å². The van der Waals surface area contributed by atoms with E-state index < -0.39 is 29.4 Å². The first kappa shape index (κ1) is 30.5. The zero-order valence-corrected chi connectivity index (χ0v) is 24.5. The number of likely N-dealkylation sites (N-methyl/N-ethyl adjacent to an activating group) is 2. The summed E-state index contributed by atoms with van der Waals surface area (Å²) < 4.78 is 0. The maximum absolute atomic E-state index is 13.5. The van der Waals surface area contributed by atoms with Gasteiger partial charge in [0.25, 0.3) is 11.8 Å². The van der Waals surface area contributed by atoms with E-state index in [1.807, 2.05) is 24.3 Å². The Balaban J connectivity index is 1.57. The van der Waals surface area contributed by atoms with Crippen molar-refractivity contribution in [2.45, 2.75) is 13.8 Å². The van der Waals surface area contributed by atoms with Crippen LogP contribution in [0.4, 0.5) is 4.79 Å². The maximum atomic E-state index is 13.5. The summed E-state index contributed by atoms with van der Waals surface area (Å²) in [7, 11) is 0. The van der Waals surface area contributed by atoms with Gasteiger partial charge < -0.3 is 0 Å². The van der Waals surface area contributed by atoms with Crippen molar-refractivity contribution >= 4 is 52.7 Å². The minimum atomic E-state index is -0.760. The van der Waals surface area contributed by atoms with Gasteiger partial charge in [0, 0.05) is 35.4 Å². The van der Waals surface area contributed by atoms with Crippen molar-refractivity contribution in [2.75, 3.05) is 13.1 Å². The monoisotopic (exact) mass is 604 g/mol.